The molecule has 0 aliphatic carbocycles. The van der Waals surface area contributed by atoms with Gasteiger partial charge in [-0.15, -0.1) is 0 Å². The highest BCUT2D eigenvalue weighted by atomic mass is 16.5. The molecule has 140 valence electrons. The molecule has 0 radical (unpaired) electrons. The zero-order valence-electron chi connectivity index (χ0n) is 15.6. The number of aliphatic imine (C=N–C) groups is 1. The van der Waals surface area contributed by atoms with Crippen molar-refractivity contribution in [2.75, 3.05) is 46.4 Å². The average molecular weight is 348 g/mol. The summed E-state index contributed by atoms with van der Waals surface area (Å²) >= 11 is 0. The molecule has 2 N–H and O–H groups in total. The zero-order chi connectivity index (χ0) is 17.5. The van der Waals surface area contributed by atoms with Gasteiger partial charge in [0.15, 0.2) is 5.96 Å². The monoisotopic (exact) mass is 348 g/mol. The highest BCUT2D eigenvalue weighted by Gasteiger charge is 2.24. The van der Waals surface area contributed by atoms with E-state index in [0.717, 1.165) is 51.3 Å². The second kappa shape index (κ2) is 9.20. The van der Waals surface area contributed by atoms with E-state index in [2.05, 4.69) is 38.7 Å². The topological polar surface area (TPSA) is 66.7 Å². The Hall–Kier alpha value is -1.60. The molecular weight excluding hydrogens is 316 g/mol. The third kappa shape index (κ3) is 5.71. The molecular formula is C18H32N6O. The van der Waals surface area contributed by atoms with Crippen LogP contribution in [0, 0.1) is 12.8 Å². The van der Waals surface area contributed by atoms with Gasteiger partial charge in [-0.2, -0.15) is 5.10 Å². The fraction of sp³-hybridized carbons (Fsp3) is 0.778. The molecule has 25 heavy (non-hydrogen) atoms. The normalized spacial score (nSPS) is 23.1. The van der Waals surface area contributed by atoms with Gasteiger partial charge in [-0.25, -0.2) is 0 Å². The Morgan fingerprint density at radius 2 is 2.20 bits per heavy atom. The third-order valence-electron chi connectivity index (χ3n) is 5.09. The van der Waals surface area contributed by atoms with Gasteiger partial charge in [0.2, 0.25) is 0 Å². The second-order valence-electron chi connectivity index (χ2n) is 7.23. The number of hydrogen-bond donors (Lipinski definition) is 2. The van der Waals surface area contributed by atoms with Crippen LogP contribution in [-0.2, 0) is 11.3 Å². The van der Waals surface area contributed by atoms with E-state index in [4.69, 9.17) is 4.74 Å². The molecule has 3 heterocycles. The Kier molecular flexibility index (Phi) is 6.69. The van der Waals surface area contributed by atoms with E-state index in [1.807, 2.05) is 17.9 Å². The van der Waals surface area contributed by atoms with Crippen molar-refractivity contribution in [3.63, 3.8) is 0 Å². The molecule has 3 rings (SSSR count). The largest absolute Gasteiger partial charge is 0.381 e. The minimum absolute atomic E-state index is 0.509. The summed E-state index contributed by atoms with van der Waals surface area (Å²) in [7, 11) is 1.84. The molecule has 7 nitrogen and oxygen atoms in total. The minimum Gasteiger partial charge on any atom is -0.381 e. The highest BCUT2D eigenvalue weighted by molar-refractivity contribution is 5.79. The lowest BCUT2D eigenvalue weighted by Crippen LogP contribution is -2.49. The fourth-order valence-electron chi connectivity index (χ4n) is 3.62. The summed E-state index contributed by atoms with van der Waals surface area (Å²) in [5.41, 5.74) is 1.19. The summed E-state index contributed by atoms with van der Waals surface area (Å²) in [6.07, 6.45) is 7.52. The van der Waals surface area contributed by atoms with Gasteiger partial charge in [0.05, 0.1) is 19.3 Å². The highest BCUT2D eigenvalue weighted by Crippen LogP contribution is 2.17. The van der Waals surface area contributed by atoms with Crippen molar-refractivity contribution in [1.82, 2.24) is 25.3 Å². The number of hydrogen-bond acceptors (Lipinski definition) is 4. The van der Waals surface area contributed by atoms with Crippen molar-refractivity contribution in [2.45, 2.75) is 38.8 Å². The van der Waals surface area contributed by atoms with Crippen LogP contribution in [0.25, 0.3) is 0 Å². The van der Waals surface area contributed by atoms with Crippen molar-refractivity contribution < 1.29 is 4.74 Å². The van der Waals surface area contributed by atoms with Gasteiger partial charge in [-0.3, -0.25) is 9.67 Å². The Bertz CT molecular complexity index is 544. The van der Waals surface area contributed by atoms with Gasteiger partial charge in [0.25, 0.3) is 0 Å². The molecule has 1 atom stereocenters. The van der Waals surface area contributed by atoms with Gasteiger partial charge in [-0.1, -0.05) is 0 Å². The molecule has 7 heteroatoms. The average Bonchev–Trinajstić information content (AvgIpc) is 3.27. The summed E-state index contributed by atoms with van der Waals surface area (Å²) < 4.78 is 7.45. The van der Waals surface area contributed by atoms with E-state index < -0.39 is 0 Å². The van der Waals surface area contributed by atoms with Crippen LogP contribution < -0.4 is 10.6 Å². The standard InChI is InChI=1S/C18H32N6O/c1-15-11-21-24(12-15)9-6-20-18(19-2)22-17-3-7-23(8-4-17)13-16-5-10-25-14-16/h11-12,16-17H,3-10,13-14H2,1-2H3,(H2,19,20,22). The molecule has 2 aliphatic heterocycles. The SMILES string of the molecule is CN=C(NCCn1cc(C)cn1)NC1CCN(CC2CCOC2)CC1. The molecule has 1 aromatic rings. The van der Waals surface area contributed by atoms with E-state index in [0.29, 0.717) is 6.04 Å². The van der Waals surface area contributed by atoms with E-state index in [-0.39, 0.29) is 0 Å². The fourth-order valence-corrected chi connectivity index (χ4v) is 3.62. The van der Waals surface area contributed by atoms with Crippen LogP contribution in [0.2, 0.25) is 0 Å². The molecule has 0 bridgehead atoms. The number of nitrogens with one attached hydrogen (secondary N) is 2. The lowest BCUT2D eigenvalue weighted by atomic mass is 10.0. The summed E-state index contributed by atoms with van der Waals surface area (Å²) in [5, 5.41) is 11.3. The van der Waals surface area contributed by atoms with Gasteiger partial charge in [0, 0.05) is 52.1 Å². The number of likely N-dealkylation sites (tertiary alicyclic amines) is 1. The Balaban J connectivity index is 1.33. The summed E-state index contributed by atoms with van der Waals surface area (Å²) in [5.74, 6) is 1.64. The first-order chi connectivity index (χ1) is 12.2. The molecule has 0 aromatic carbocycles. The van der Waals surface area contributed by atoms with E-state index in [1.165, 1.54) is 31.4 Å². The van der Waals surface area contributed by atoms with Crippen LogP contribution in [0.15, 0.2) is 17.4 Å². The lowest BCUT2D eigenvalue weighted by molar-refractivity contribution is 0.150. The van der Waals surface area contributed by atoms with Crippen LogP contribution >= 0.6 is 0 Å². The number of ether oxygens (including phenoxy) is 1. The molecule has 2 fully saturated rings. The molecule has 1 unspecified atom stereocenters. The zero-order valence-corrected chi connectivity index (χ0v) is 15.6. The molecule has 0 amide bonds. The first kappa shape index (κ1) is 18.2. The smallest absolute Gasteiger partial charge is 0.191 e. The maximum absolute atomic E-state index is 5.49. The first-order valence-electron chi connectivity index (χ1n) is 9.49. The molecule has 2 aliphatic rings. The summed E-state index contributed by atoms with van der Waals surface area (Å²) in [6, 6.07) is 0.509. The van der Waals surface area contributed by atoms with Gasteiger partial charge in [0.1, 0.15) is 0 Å². The Morgan fingerprint density at radius 1 is 1.36 bits per heavy atom. The number of aromatic nitrogens is 2. The Labute approximate surface area is 150 Å². The number of rotatable bonds is 6. The van der Waals surface area contributed by atoms with Gasteiger partial charge >= 0.3 is 0 Å². The maximum atomic E-state index is 5.49. The Morgan fingerprint density at radius 3 is 2.84 bits per heavy atom. The first-order valence-corrected chi connectivity index (χ1v) is 9.49. The van der Waals surface area contributed by atoms with Gasteiger partial charge < -0.3 is 20.3 Å². The van der Waals surface area contributed by atoms with Gasteiger partial charge in [-0.05, 0) is 37.7 Å². The second-order valence-corrected chi connectivity index (χ2v) is 7.23. The molecule has 1 aromatic heterocycles. The van der Waals surface area contributed by atoms with Crippen LogP contribution in [0.1, 0.15) is 24.8 Å². The predicted molar refractivity (Wildman–Crippen MR) is 99.8 cm³/mol. The van der Waals surface area contributed by atoms with E-state index in [1.54, 1.807) is 0 Å². The van der Waals surface area contributed by atoms with Crippen molar-refractivity contribution in [2.24, 2.45) is 10.9 Å². The van der Waals surface area contributed by atoms with Crippen LogP contribution in [-0.4, -0.2) is 73.1 Å². The van der Waals surface area contributed by atoms with Crippen LogP contribution in [0.5, 0.6) is 0 Å². The van der Waals surface area contributed by atoms with E-state index >= 15 is 0 Å². The van der Waals surface area contributed by atoms with Crippen molar-refractivity contribution in [3.8, 4) is 0 Å². The lowest BCUT2D eigenvalue weighted by Gasteiger charge is -2.34. The van der Waals surface area contributed by atoms with Crippen molar-refractivity contribution in [3.05, 3.63) is 18.0 Å². The van der Waals surface area contributed by atoms with Crippen LogP contribution in [0.3, 0.4) is 0 Å². The molecule has 0 spiro atoms. The van der Waals surface area contributed by atoms with Crippen LogP contribution in [0.4, 0.5) is 0 Å². The quantitative estimate of drug-likeness (QED) is 0.590. The number of aryl methyl sites for hydroxylation is 1. The van der Waals surface area contributed by atoms with Crippen molar-refractivity contribution in [1.29, 1.82) is 0 Å². The minimum atomic E-state index is 0.509. The molecule has 2 saturated heterocycles. The summed E-state index contributed by atoms with van der Waals surface area (Å²) in [4.78, 5) is 6.95. The molecule has 0 saturated carbocycles. The van der Waals surface area contributed by atoms with Crippen molar-refractivity contribution >= 4 is 5.96 Å². The van der Waals surface area contributed by atoms with E-state index in [9.17, 15) is 0 Å². The summed E-state index contributed by atoms with van der Waals surface area (Å²) in [6.45, 7) is 9.15. The number of piperidine rings is 1. The third-order valence-corrected chi connectivity index (χ3v) is 5.09. The maximum Gasteiger partial charge on any atom is 0.191 e. The number of guanidine groups is 1. The predicted octanol–water partition coefficient (Wildman–Crippen LogP) is 0.857. The number of nitrogens with zero attached hydrogens (tertiary/aromatic N) is 4.